The highest BCUT2D eigenvalue weighted by Crippen LogP contribution is 2.03. The van der Waals surface area contributed by atoms with Crippen LogP contribution in [-0.2, 0) is 13.1 Å². The summed E-state index contributed by atoms with van der Waals surface area (Å²) in [6, 6.07) is -0.146. The summed E-state index contributed by atoms with van der Waals surface area (Å²) in [6.07, 6.45) is 5.14. The first-order chi connectivity index (χ1) is 9.52. The molecule has 6 nitrogen and oxygen atoms in total. The molecule has 20 heavy (non-hydrogen) atoms. The number of aliphatic hydroxyl groups excluding tert-OH is 1. The fourth-order valence-corrected chi connectivity index (χ4v) is 1.97. The Bertz CT molecular complexity index is 404. The van der Waals surface area contributed by atoms with E-state index in [0.717, 1.165) is 18.8 Å². The Morgan fingerprint density at radius 1 is 1.45 bits per heavy atom. The molecule has 0 bridgehead atoms. The lowest BCUT2D eigenvalue weighted by Gasteiger charge is -2.15. The molecule has 1 aromatic heterocycles. The molecule has 0 spiro atoms. The van der Waals surface area contributed by atoms with Crippen molar-refractivity contribution in [3.8, 4) is 0 Å². The number of amides is 2. The van der Waals surface area contributed by atoms with Gasteiger partial charge in [-0.25, -0.2) is 9.78 Å². The number of hydrogen-bond acceptors (Lipinski definition) is 3. The molecule has 6 heteroatoms. The minimum absolute atomic E-state index is 0.0533. The van der Waals surface area contributed by atoms with E-state index in [2.05, 4.69) is 34.0 Å². The van der Waals surface area contributed by atoms with Gasteiger partial charge in [-0.3, -0.25) is 0 Å². The minimum Gasteiger partial charge on any atom is -0.396 e. The third kappa shape index (κ3) is 6.06. The SMILES string of the molecule is CC(C)Cn1ccnc1CNC(=O)NC(C)CCCO. The van der Waals surface area contributed by atoms with Crippen molar-refractivity contribution < 1.29 is 9.90 Å². The van der Waals surface area contributed by atoms with E-state index < -0.39 is 0 Å². The number of aromatic nitrogens is 2. The normalized spacial score (nSPS) is 12.4. The number of urea groups is 1. The first kappa shape index (κ1) is 16.5. The van der Waals surface area contributed by atoms with Crippen LogP contribution in [0.15, 0.2) is 12.4 Å². The van der Waals surface area contributed by atoms with Gasteiger partial charge in [-0.2, -0.15) is 0 Å². The quantitative estimate of drug-likeness (QED) is 0.676. The topological polar surface area (TPSA) is 79.2 Å². The summed E-state index contributed by atoms with van der Waals surface area (Å²) < 4.78 is 2.06. The van der Waals surface area contributed by atoms with Crippen molar-refractivity contribution in [1.29, 1.82) is 0 Å². The van der Waals surface area contributed by atoms with Crippen LogP contribution in [0.5, 0.6) is 0 Å². The molecule has 0 fully saturated rings. The molecule has 2 amide bonds. The fourth-order valence-electron chi connectivity index (χ4n) is 1.97. The van der Waals surface area contributed by atoms with Gasteiger partial charge in [-0.1, -0.05) is 13.8 Å². The zero-order chi connectivity index (χ0) is 15.0. The number of aliphatic hydroxyl groups is 1. The summed E-state index contributed by atoms with van der Waals surface area (Å²) >= 11 is 0. The van der Waals surface area contributed by atoms with Gasteiger partial charge in [0, 0.05) is 31.6 Å². The first-order valence-corrected chi connectivity index (χ1v) is 7.18. The molecule has 1 heterocycles. The number of carbonyl (C=O) groups excluding carboxylic acids is 1. The van der Waals surface area contributed by atoms with E-state index in [1.165, 1.54) is 0 Å². The molecule has 0 aromatic carbocycles. The van der Waals surface area contributed by atoms with E-state index in [-0.39, 0.29) is 18.7 Å². The number of nitrogens with one attached hydrogen (secondary N) is 2. The zero-order valence-electron chi connectivity index (χ0n) is 12.6. The number of hydrogen-bond donors (Lipinski definition) is 3. The third-order valence-electron chi connectivity index (χ3n) is 2.94. The Labute approximate surface area is 120 Å². The van der Waals surface area contributed by atoms with E-state index in [9.17, 15) is 4.79 Å². The molecule has 114 valence electrons. The monoisotopic (exact) mass is 282 g/mol. The van der Waals surface area contributed by atoms with E-state index in [0.29, 0.717) is 18.9 Å². The Morgan fingerprint density at radius 2 is 2.20 bits per heavy atom. The van der Waals surface area contributed by atoms with Gasteiger partial charge in [-0.15, -0.1) is 0 Å². The summed E-state index contributed by atoms with van der Waals surface area (Å²) in [6.45, 7) is 7.68. The van der Waals surface area contributed by atoms with Crippen LogP contribution >= 0.6 is 0 Å². The standard InChI is InChI=1S/C14H26N4O2/c1-11(2)10-18-7-6-15-13(18)9-16-14(20)17-12(3)5-4-8-19/h6-7,11-12,19H,4-5,8-10H2,1-3H3,(H2,16,17,20). The van der Waals surface area contributed by atoms with Crippen molar-refractivity contribution in [2.45, 2.75) is 52.7 Å². The van der Waals surface area contributed by atoms with Crippen molar-refractivity contribution in [3.63, 3.8) is 0 Å². The second kappa shape index (κ2) is 8.58. The highest BCUT2D eigenvalue weighted by Gasteiger charge is 2.09. The lowest BCUT2D eigenvalue weighted by Crippen LogP contribution is -2.40. The van der Waals surface area contributed by atoms with Gasteiger partial charge in [0.05, 0.1) is 6.54 Å². The minimum atomic E-state index is -0.200. The third-order valence-corrected chi connectivity index (χ3v) is 2.94. The number of carbonyl (C=O) groups is 1. The van der Waals surface area contributed by atoms with E-state index in [4.69, 9.17) is 5.11 Å². The van der Waals surface area contributed by atoms with E-state index >= 15 is 0 Å². The Morgan fingerprint density at radius 3 is 2.85 bits per heavy atom. The van der Waals surface area contributed by atoms with Crippen molar-refractivity contribution >= 4 is 6.03 Å². The van der Waals surface area contributed by atoms with Crippen molar-refractivity contribution in [3.05, 3.63) is 18.2 Å². The molecule has 0 aliphatic heterocycles. The van der Waals surface area contributed by atoms with Crippen LogP contribution in [0.3, 0.4) is 0 Å². The smallest absolute Gasteiger partial charge is 0.315 e. The summed E-state index contributed by atoms with van der Waals surface area (Å²) in [5.41, 5.74) is 0. The predicted molar refractivity (Wildman–Crippen MR) is 78.2 cm³/mol. The number of rotatable bonds is 8. The van der Waals surface area contributed by atoms with Gasteiger partial charge >= 0.3 is 6.03 Å². The molecular formula is C14H26N4O2. The average Bonchev–Trinajstić information content (AvgIpc) is 2.80. The number of imidazole rings is 1. The molecule has 0 radical (unpaired) electrons. The van der Waals surface area contributed by atoms with Gasteiger partial charge in [0.2, 0.25) is 0 Å². The molecule has 0 aliphatic rings. The highest BCUT2D eigenvalue weighted by molar-refractivity contribution is 5.74. The van der Waals surface area contributed by atoms with Crippen LogP contribution in [0.2, 0.25) is 0 Å². The van der Waals surface area contributed by atoms with E-state index in [1.54, 1.807) is 6.20 Å². The van der Waals surface area contributed by atoms with Gasteiger partial charge in [0.25, 0.3) is 0 Å². The Kier molecular flexibility index (Phi) is 7.08. The summed E-state index contributed by atoms with van der Waals surface area (Å²) in [7, 11) is 0. The maximum absolute atomic E-state index is 11.7. The van der Waals surface area contributed by atoms with Crippen LogP contribution in [0.4, 0.5) is 4.79 Å². The van der Waals surface area contributed by atoms with Crippen LogP contribution < -0.4 is 10.6 Å². The van der Waals surface area contributed by atoms with Crippen LogP contribution in [0, 0.1) is 5.92 Å². The molecular weight excluding hydrogens is 256 g/mol. The molecule has 1 unspecified atom stereocenters. The highest BCUT2D eigenvalue weighted by atomic mass is 16.3. The molecule has 0 aliphatic carbocycles. The van der Waals surface area contributed by atoms with Gasteiger partial charge in [0.15, 0.2) is 0 Å². The summed E-state index contributed by atoms with van der Waals surface area (Å²) in [4.78, 5) is 16.0. The van der Waals surface area contributed by atoms with Gasteiger partial charge < -0.3 is 20.3 Å². The average molecular weight is 282 g/mol. The first-order valence-electron chi connectivity index (χ1n) is 7.18. The Hall–Kier alpha value is -1.56. The maximum atomic E-state index is 11.7. The lowest BCUT2D eigenvalue weighted by atomic mass is 10.2. The molecule has 1 aromatic rings. The molecule has 3 N–H and O–H groups in total. The van der Waals surface area contributed by atoms with Gasteiger partial charge in [-0.05, 0) is 25.7 Å². The molecule has 1 atom stereocenters. The molecule has 0 saturated carbocycles. The van der Waals surface area contributed by atoms with Gasteiger partial charge in [0.1, 0.15) is 5.82 Å². The number of nitrogens with zero attached hydrogens (tertiary/aromatic N) is 2. The Balaban J connectivity index is 2.35. The summed E-state index contributed by atoms with van der Waals surface area (Å²) in [5.74, 6) is 1.40. The maximum Gasteiger partial charge on any atom is 0.315 e. The van der Waals surface area contributed by atoms with Crippen LogP contribution in [0.25, 0.3) is 0 Å². The van der Waals surface area contributed by atoms with E-state index in [1.807, 2.05) is 13.1 Å². The fraction of sp³-hybridized carbons (Fsp3) is 0.714. The molecule has 1 rings (SSSR count). The summed E-state index contributed by atoms with van der Waals surface area (Å²) in [5, 5.41) is 14.4. The van der Waals surface area contributed by atoms with Crippen molar-refractivity contribution in [2.24, 2.45) is 5.92 Å². The second-order valence-electron chi connectivity index (χ2n) is 5.48. The zero-order valence-corrected chi connectivity index (χ0v) is 12.6. The van der Waals surface area contributed by atoms with Crippen molar-refractivity contribution in [2.75, 3.05) is 6.61 Å². The van der Waals surface area contributed by atoms with Crippen LogP contribution in [0.1, 0.15) is 39.4 Å². The predicted octanol–water partition coefficient (Wildman–Crippen LogP) is 1.50. The molecule has 0 saturated heterocycles. The lowest BCUT2D eigenvalue weighted by molar-refractivity contribution is 0.233. The second-order valence-corrected chi connectivity index (χ2v) is 5.48. The van der Waals surface area contributed by atoms with Crippen molar-refractivity contribution in [1.82, 2.24) is 20.2 Å². The largest absolute Gasteiger partial charge is 0.396 e. The van der Waals surface area contributed by atoms with Crippen LogP contribution in [-0.4, -0.2) is 33.3 Å².